The molecule has 0 fully saturated rings. The molecule has 3 aromatic carbocycles. The Hall–Kier alpha value is -3.86. The second-order valence-electron chi connectivity index (χ2n) is 9.10. The number of methoxy groups -OCH3 is 5. The number of aryl methyl sites for hydroxylation is 2. The van der Waals surface area contributed by atoms with Gasteiger partial charge in [-0.25, -0.2) is 0 Å². The maximum atomic E-state index is 14.0. The number of fused-ring (bicyclic) bond motifs is 1. The fourth-order valence-corrected chi connectivity index (χ4v) is 4.78. The molecule has 0 unspecified atom stereocenters. The van der Waals surface area contributed by atoms with Crippen molar-refractivity contribution in [2.45, 2.75) is 19.8 Å². The Morgan fingerprint density at radius 1 is 0.786 bits per heavy atom. The minimum atomic E-state index is -1.52. The molecule has 4 rings (SSSR count). The van der Waals surface area contributed by atoms with Crippen molar-refractivity contribution in [2.24, 2.45) is 0 Å². The molecule has 1 aliphatic heterocycles. The molecule has 0 saturated carbocycles. The van der Waals surface area contributed by atoms with E-state index in [9.17, 15) is 14.7 Å². The summed E-state index contributed by atoms with van der Waals surface area (Å²) in [7, 11) is 7.47. The second kappa shape index (κ2) is 14.4. The normalized spacial score (nSPS) is 12.0. The summed E-state index contributed by atoms with van der Waals surface area (Å²) in [5.74, 6) is 0.816. The number of carbonyl (C=O) groups is 2. The molecule has 11 heteroatoms. The van der Waals surface area contributed by atoms with Crippen molar-refractivity contribution in [3.63, 3.8) is 0 Å². The molecule has 3 aromatic rings. The average Bonchev–Trinajstić information content (AvgIpc) is 3.46. The third-order valence-electron chi connectivity index (χ3n) is 6.77. The Morgan fingerprint density at radius 3 is 1.98 bits per heavy atom. The number of hydrogen-bond acceptors (Lipinski definition) is 10. The number of aliphatic carboxylic acids is 1. The smallest absolute Gasteiger partial charge is 0.545 e. The van der Waals surface area contributed by atoms with Crippen LogP contribution in [0.25, 0.3) is 5.57 Å². The monoisotopic (exact) mass is 586 g/mol. The minimum Gasteiger partial charge on any atom is -0.545 e. The first-order valence-corrected chi connectivity index (χ1v) is 12.7. The summed E-state index contributed by atoms with van der Waals surface area (Å²) in [4.78, 5) is 26.8. The number of Topliss-reactive ketones (excluding diaryl/α,β-unsaturated/α-hetero) is 1. The van der Waals surface area contributed by atoms with E-state index in [1.807, 2.05) is 0 Å². The molecule has 0 radical (unpaired) electrons. The van der Waals surface area contributed by atoms with E-state index >= 15 is 0 Å². The molecule has 1 aliphatic rings. The van der Waals surface area contributed by atoms with Crippen LogP contribution in [0.4, 0.5) is 0 Å². The van der Waals surface area contributed by atoms with E-state index in [0.717, 1.165) is 11.1 Å². The summed E-state index contributed by atoms with van der Waals surface area (Å²) in [6.07, 6.45) is 0.314. The van der Waals surface area contributed by atoms with Gasteiger partial charge in [-0.15, -0.1) is 0 Å². The van der Waals surface area contributed by atoms with Gasteiger partial charge in [0.05, 0.1) is 41.5 Å². The predicted octanol–water partition coefficient (Wildman–Crippen LogP) is 0.790. The quantitative estimate of drug-likeness (QED) is 0.171. The molecule has 0 bridgehead atoms. The number of ketones is 1. The summed E-state index contributed by atoms with van der Waals surface area (Å²) in [5, 5.41) is 12.7. The molecule has 1 heterocycles. The van der Waals surface area contributed by atoms with E-state index in [-0.39, 0.29) is 71.7 Å². The van der Waals surface area contributed by atoms with E-state index in [1.165, 1.54) is 47.7 Å². The number of allylic oxidation sites excluding steroid dienone is 1. The molecule has 0 aromatic heterocycles. The molecule has 216 valence electrons. The molecule has 0 spiro atoms. The zero-order valence-electron chi connectivity index (χ0n) is 24.7. The van der Waals surface area contributed by atoms with Crippen LogP contribution in [0.15, 0.2) is 48.0 Å². The maximum Gasteiger partial charge on any atom is 1.00 e. The summed E-state index contributed by atoms with van der Waals surface area (Å²) in [6.45, 7) is 1.76. The number of rotatable bonds is 12. The first-order valence-electron chi connectivity index (χ1n) is 12.7. The number of carbonyl (C=O) groups excluding carboxylic acids is 2. The molecule has 0 amide bonds. The van der Waals surface area contributed by atoms with E-state index in [4.69, 9.17) is 33.2 Å². The van der Waals surface area contributed by atoms with Gasteiger partial charge in [0.1, 0.15) is 5.75 Å². The molecule has 0 N–H and O–H groups in total. The van der Waals surface area contributed by atoms with Crippen molar-refractivity contribution in [3.8, 4) is 40.2 Å². The maximum absolute atomic E-state index is 14.0. The topological polar surface area (TPSA) is 122 Å². The van der Waals surface area contributed by atoms with Gasteiger partial charge in [0.15, 0.2) is 28.8 Å². The van der Waals surface area contributed by atoms with Crippen molar-refractivity contribution < 1.29 is 77.4 Å². The van der Waals surface area contributed by atoms with Crippen molar-refractivity contribution >= 4 is 17.3 Å². The molecular weight excluding hydrogens is 555 g/mol. The van der Waals surface area contributed by atoms with Crippen LogP contribution in [0, 0.1) is 6.92 Å². The van der Waals surface area contributed by atoms with Crippen LogP contribution < -0.4 is 67.8 Å². The summed E-state index contributed by atoms with van der Waals surface area (Å²) in [6, 6.07) is 11.4. The number of hydrogen-bond donors (Lipinski definition) is 0. The predicted molar refractivity (Wildman–Crippen MR) is 148 cm³/mol. The Morgan fingerprint density at radius 2 is 1.43 bits per heavy atom. The summed E-state index contributed by atoms with van der Waals surface area (Å²) >= 11 is 0. The second-order valence-corrected chi connectivity index (χ2v) is 9.10. The molecule has 10 nitrogen and oxygen atoms in total. The van der Waals surface area contributed by atoms with E-state index in [1.54, 1.807) is 37.3 Å². The zero-order valence-corrected chi connectivity index (χ0v) is 26.7. The van der Waals surface area contributed by atoms with Gasteiger partial charge < -0.3 is 43.1 Å². The Balaban J connectivity index is 0.00000484. The fourth-order valence-electron chi connectivity index (χ4n) is 4.78. The van der Waals surface area contributed by atoms with Gasteiger partial charge in [0.2, 0.25) is 18.3 Å². The van der Waals surface area contributed by atoms with Gasteiger partial charge in [0.25, 0.3) is 0 Å². The number of ether oxygens (including phenoxy) is 7. The van der Waals surface area contributed by atoms with Gasteiger partial charge >= 0.3 is 29.6 Å². The van der Waals surface area contributed by atoms with Crippen LogP contribution in [0.2, 0.25) is 0 Å². The molecule has 0 saturated heterocycles. The van der Waals surface area contributed by atoms with Gasteiger partial charge in [0, 0.05) is 16.7 Å². The average molecular weight is 587 g/mol. The van der Waals surface area contributed by atoms with Gasteiger partial charge in [-0.3, -0.25) is 4.79 Å². The number of benzene rings is 3. The first-order chi connectivity index (χ1) is 19.8. The fraction of sp³-hybridized carbons (Fsp3) is 0.290. The van der Waals surface area contributed by atoms with Gasteiger partial charge in [-0.2, -0.15) is 0 Å². The molecule has 0 atom stereocenters. The third-order valence-corrected chi connectivity index (χ3v) is 6.77. The largest absolute Gasteiger partial charge is 1.00 e. The number of carboxylic acids is 1. The molecule has 42 heavy (non-hydrogen) atoms. The van der Waals surface area contributed by atoms with Crippen LogP contribution in [-0.2, 0) is 11.2 Å². The van der Waals surface area contributed by atoms with Crippen molar-refractivity contribution in [1.82, 2.24) is 0 Å². The van der Waals surface area contributed by atoms with Crippen LogP contribution >= 0.6 is 0 Å². The summed E-state index contributed by atoms with van der Waals surface area (Å²) < 4.78 is 38.0. The third kappa shape index (κ3) is 6.61. The van der Waals surface area contributed by atoms with Gasteiger partial charge in [-0.05, 0) is 78.9 Å². The van der Waals surface area contributed by atoms with Crippen molar-refractivity contribution in [3.05, 3.63) is 70.3 Å². The SMILES string of the molecule is COc1ccc(C(=O)C(CCc2cc(OC)c(OC)c(OC)c2)=C(C(=O)[O-])c2cc(OC)c3c(c2)OCO3)cc1C.[Na+]. The first kappa shape index (κ1) is 32.7. The van der Waals surface area contributed by atoms with Crippen molar-refractivity contribution in [2.75, 3.05) is 42.3 Å². The van der Waals surface area contributed by atoms with Crippen LogP contribution in [-0.4, -0.2) is 54.1 Å². The number of carboxylic acid groups (broad SMARTS) is 1. The van der Waals surface area contributed by atoms with E-state index in [0.29, 0.717) is 40.1 Å². The van der Waals surface area contributed by atoms with Crippen LogP contribution in [0.5, 0.6) is 40.2 Å². The van der Waals surface area contributed by atoms with Gasteiger partial charge in [-0.1, -0.05) is 0 Å². The van der Waals surface area contributed by atoms with E-state index in [2.05, 4.69) is 0 Å². The standard InChI is InChI=1S/C31H32O10.Na/c1-17-11-19(8-10-22(17)35-2)28(32)21(9-7-18-12-23(36-3)29(39-6)24(13-18)37-4)27(31(33)34)20-14-25(38-5)30-26(15-20)40-16-41-30;/h8,10-15H,7,9,16H2,1-6H3,(H,33,34);/q;+1/p-1. The summed E-state index contributed by atoms with van der Waals surface area (Å²) in [5.41, 5.74) is 1.69. The Labute approximate surface area is 266 Å². The van der Waals surface area contributed by atoms with Crippen molar-refractivity contribution in [1.29, 1.82) is 0 Å². The Kier molecular flexibility index (Phi) is 11.2. The van der Waals surface area contributed by atoms with Crippen LogP contribution in [0.1, 0.15) is 33.5 Å². The zero-order chi connectivity index (χ0) is 29.7. The Bertz CT molecular complexity index is 1490. The molecular formula is C31H31NaO10. The van der Waals surface area contributed by atoms with Crippen LogP contribution in [0.3, 0.4) is 0 Å². The minimum absolute atomic E-state index is 0. The van der Waals surface area contributed by atoms with E-state index < -0.39 is 11.8 Å². The molecule has 0 aliphatic carbocycles.